The Morgan fingerprint density at radius 2 is 1.85 bits per heavy atom. The summed E-state index contributed by atoms with van der Waals surface area (Å²) in [6.07, 6.45) is 0. The van der Waals surface area contributed by atoms with E-state index in [0.29, 0.717) is 37.6 Å². The van der Waals surface area contributed by atoms with Crippen molar-refractivity contribution in [3.8, 4) is 10.6 Å². The molecular formula is C25H23N3O4S2. The van der Waals surface area contributed by atoms with Gasteiger partial charge in [-0.15, -0.1) is 11.3 Å². The van der Waals surface area contributed by atoms with E-state index in [-0.39, 0.29) is 10.8 Å². The number of nitrogens with zero attached hydrogens (tertiary/aromatic N) is 2. The van der Waals surface area contributed by atoms with Crippen LogP contribution in [0.4, 0.5) is 5.69 Å². The quantitative estimate of drug-likeness (QED) is 0.441. The molecule has 2 aromatic carbocycles. The van der Waals surface area contributed by atoms with Gasteiger partial charge >= 0.3 is 0 Å². The van der Waals surface area contributed by atoms with Crippen LogP contribution >= 0.6 is 11.3 Å². The second kappa shape index (κ2) is 9.27. The first-order valence-electron chi connectivity index (χ1n) is 10.9. The van der Waals surface area contributed by atoms with Gasteiger partial charge in [-0.25, -0.2) is 13.4 Å². The first kappa shape index (κ1) is 22.7. The van der Waals surface area contributed by atoms with Crippen LogP contribution in [0.25, 0.3) is 21.5 Å². The lowest BCUT2D eigenvalue weighted by molar-refractivity contribution is 0.0730. The minimum absolute atomic E-state index is 0.147. The van der Waals surface area contributed by atoms with Gasteiger partial charge in [-0.2, -0.15) is 4.31 Å². The van der Waals surface area contributed by atoms with E-state index in [4.69, 9.17) is 9.72 Å². The van der Waals surface area contributed by atoms with E-state index in [1.165, 1.54) is 10.4 Å². The molecule has 0 aliphatic carbocycles. The van der Waals surface area contributed by atoms with E-state index in [2.05, 4.69) is 5.32 Å². The van der Waals surface area contributed by atoms with E-state index in [1.807, 2.05) is 48.7 Å². The molecule has 9 heteroatoms. The number of morpholine rings is 1. The van der Waals surface area contributed by atoms with Gasteiger partial charge < -0.3 is 10.1 Å². The third-order valence-electron chi connectivity index (χ3n) is 5.80. The molecule has 3 heterocycles. The molecule has 0 radical (unpaired) electrons. The van der Waals surface area contributed by atoms with Crippen molar-refractivity contribution < 1.29 is 17.9 Å². The van der Waals surface area contributed by atoms with Crippen molar-refractivity contribution in [2.75, 3.05) is 31.6 Å². The summed E-state index contributed by atoms with van der Waals surface area (Å²) in [5, 5.41) is 5.64. The van der Waals surface area contributed by atoms with Crippen LogP contribution in [0.1, 0.15) is 15.9 Å². The summed E-state index contributed by atoms with van der Waals surface area (Å²) in [4.78, 5) is 19.3. The van der Waals surface area contributed by atoms with Crippen molar-refractivity contribution in [2.24, 2.45) is 0 Å². The first-order valence-corrected chi connectivity index (χ1v) is 13.2. The highest BCUT2D eigenvalue weighted by atomic mass is 32.2. The Labute approximate surface area is 202 Å². The lowest BCUT2D eigenvalue weighted by Gasteiger charge is -2.26. The van der Waals surface area contributed by atoms with Crippen molar-refractivity contribution in [1.82, 2.24) is 9.29 Å². The molecule has 4 aromatic rings. The molecule has 174 valence electrons. The van der Waals surface area contributed by atoms with Crippen LogP contribution in [0.3, 0.4) is 0 Å². The molecule has 34 heavy (non-hydrogen) atoms. The molecule has 1 aliphatic heterocycles. The number of rotatable bonds is 5. The highest BCUT2D eigenvalue weighted by molar-refractivity contribution is 7.89. The number of hydrogen-bond acceptors (Lipinski definition) is 6. The second-order valence-electron chi connectivity index (χ2n) is 8.00. The molecule has 0 bridgehead atoms. The van der Waals surface area contributed by atoms with Crippen LogP contribution in [-0.4, -0.2) is 49.9 Å². The lowest BCUT2D eigenvalue weighted by atomic mass is 10.1. The summed E-state index contributed by atoms with van der Waals surface area (Å²) < 4.78 is 32.9. The van der Waals surface area contributed by atoms with E-state index in [1.54, 1.807) is 29.5 Å². The van der Waals surface area contributed by atoms with Gasteiger partial charge in [-0.3, -0.25) is 4.79 Å². The van der Waals surface area contributed by atoms with Crippen LogP contribution in [0.15, 0.2) is 70.9 Å². The van der Waals surface area contributed by atoms with E-state index < -0.39 is 10.0 Å². The highest BCUT2D eigenvalue weighted by Gasteiger charge is 2.27. The average Bonchev–Trinajstić information content (AvgIpc) is 3.40. The summed E-state index contributed by atoms with van der Waals surface area (Å²) in [5.74, 6) is -0.319. The zero-order chi connectivity index (χ0) is 23.7. The average molecular weight is 494 g/mol. The number of benzene rings is 2. The molecule has 1 aliphatic rings. The molecule has 1 N–H and O–H groups in total. The number of fused-ring (bicyclic) bond motifs is 1. The third-order valence-corrected chi connectivity index (χ3v) is 8.59. The molecule has 0 spiro atoms. The summed E-state index contributed by atoms with van der Waals surface area (Å²) in [5.41, 5.74) is 3.15. The van der Waals surface area contributed by atoms with Gasteiger partial charge in [0.05, 0.1) is 39.8 Å². The van der Waals surface area contributed by atoms with Gasteiger partial charge in [-0.05, 0) is 48.2 Å². The Morgan fingerprint density at radius 3 is 2.62 bits per heavy atom. The van der Waals surface area contributed by atoms with E-state index >= 15 is 0 Å². The number of thiophene rings is 1. The fourth-order valence-corrected chi connectivity index (χ4v) is 6.06. The molecule has 7 nitrogen and oxygen atoms in total. The van der Waals surface area contributed by atoms with Crippen molar-refractivity contribution in [3.63, 3.8) is 0 Å². The maximum atomic E-state index is 13.5. The fourth-order valence-electron chi connectivity index (χ4n) is 3.94. The number of ether oxygens (including phenoxy) is 1. The fraction of sp³-hybridized carbons (Fsp3) is 0.200. The van der Waals surface area contributed by atoms with Crippen LogP contribution in [0.5, 0.6) is 0 Å². The number of aromatic nitrogens is 1. The first-order chi connectivity index (χ1) is 16.4. The highest BCUT2D eigenvalue weighted by Crippen LogP contribution is 2.29. The molecule has 5 rings (SSSR count). The smallest absolute Gasteiger partial charge is 0.256 e. The van der Waals surface area contributed by atoms with Gasteiger partial charge in [0.1, 0.15) is 0 Å². The summed E-state index contributed by atoms with van der Waals surface area (Å²) in [7, 11) is -3.68. The zero-order valence-electron chi connectivity index (χ0n) is 18.5. The molecule has 2 aromatic heterocycles. The van der Waals surface area contributed by atoms with Gasteiger partial charge in [0.2, 0.25) is 10.0 Å². The monoisotopic (exact) mass is 493 g/mol. The van der Waals surface area contributed by atoms with Crippen LogP contribution in [0.2, 0.25) is 0 Å². The normalized spacial score (nSPS) is 14.9. The topological polar surface area (TPSA) is 88.6 Å². The van der Waals surface area contributed by atoms with Crippen LogP contribution in [0, 0.1) is 6.92 Å². The van der Waals surface area contributed by atoms with Gasteiger partial charge in [0.15, 0.2) is 0 Å². The second-order valence-corrected chi connectivity index (χ2v) is 10.9. The third kappa shape index (κ3) is 4.35. The maximum absolute atomic E-state index is 13.5. The van der Waals surface area contributed by atoms with E-state index in [0.717, 1.165) is 27.0 Å². The van der Waals surface area contributed by atoms with Gasteiger partial charge in [0, 0.05) is 24.2 Å². The number of carbonyl (C=O) groups excluding carboxylic acids is 1. The molecule has 1 saturated heterocycles. The lowest BCUT2D eigenvalue weighted by Crippen LogP contribution is -2.40. The number of anilines is 1. The number of para-hydroxylation sites is 1. The predicted octanol–water partition coefficient (Wildman–Crippen LogP) is 4.54. The Kier molecular flexibility index (Phi) is 6.18. The number of hydrogen-bond donors (Lipinski definition) is 1. The Balaban J connectivity index is 1.51. The molecular weight excluding hydrogens is 470 g/mol. The van der Waals surface area contributed by atoms with Crippen molar-refractivity contribution >= 4 is 43.9 Å². The number of nitrogens with one attached hydrogen (secondary N) is 1. The zero-order valence-corrected chi connectivity index (χ0v) is 20.2. The molecule has 0 saturated carbocycles. The summed E-state index contributed by atoms with van der Waals surface area (Å²) in [6, 6.07) is 18.0. The standard InChI is InChI=1S/C25H23N3O4S2/c1-17-8-9-18(34(30,31)28-10-12-32-13-11-28)15-22(17)27-25(29)20-16-23(24-7-4-14-33-24)26-21-6-3-2-5-19(20)21/h2-9,14-16H,10-13H2,1H3,(H,27,29). The maximum Gasteiger partial charge on any atom is 0.256 e. The summed E-state index contributed by atoms with van der Waals surface area (Å²) in [6.45, 7) is 3.20. The number of sulfonamides is 1. The number of amides is 1. The SMILES string of the molecule is Cc1ccc(S(=O)(=O)N2CCOCC2)cc1NC(=O)c1cc(-c2cccs2)nc2ccccc12. The number of carbonyl (C=O) groups is 1. The Hall–Kier alpha value is -3.11. The Bertz CT molecular complexity index is 1460. The number of aryl methyl sites for hydroxylation is 1. The van der Waals surface area contributed by atoms with Crippen molar-refractivity contribution in [2.45, 2.75) is 11.8 Å². The molecule has 0 unspecified atom stereocenters. The predicted molar refractivity (Wildman–Crippen MR) is 134 cm³/mol. The van der Waals surface area contributed by atoms with E-state index in [9.17, 15) is 13.2 Å². The van der Waals surface area contributed by atoms with Crippen molar-refractivity contribution in [3.05, 3.63) is 77.2 Å². The van der Waals surface area contributed by atoms with Crippen molar-refractivity contribution in [1.29, 1.82) is 0 Å². The molecule has 0 atom stereocenters. The minimum Gasteiger partial charge on any atom is -0.379 e. The number of pyridine rings is 1. The Morgan fingerprint density at radius 1 is 1.06 bits per heavy atom. The van der Waals surface area contributed by atoms with Gasteiger partial charge in [0.25, 0.3) is 5.91 Å². The minimum atomic E-state index is -3.68. The van der Waals surface area contributed by atoms with Gasteiger partial charge in [-0.1, -0.05) is 30.3 Å². The molecule has 1 amide bonds. The summed E-state index contributed by atoms with van der Waals surface area (Å²) >= 11 is 1.56. The van der Waals surface area contributed by atoms with Crippen LogP contribution in [-0.2, 0) is 14.8 Å². The molecule has 1 fully saturated rings. The largest absolute Gasteiger partial charge is 0.379 e. The van der Waals surface area contributed by atoms with Crippen LogP contribution < -0.4 is 5.32 Å².